The molecule has 3 aliphatic carbocycles. The van der Waals surface area contributed by atoms with E-state index in [-0.39, 0.29) is 10.8 Å². The summed E-state index contributed by atoms with van der Waals surface area (Å²) in [4.78, 5) is 17.0. The summed E-state index contributed by atoms with van der Waals surface area (Å²) in [6, 6.07) is 0. The molecule has 0 radical (unpaired) electrons. The fourth-order valence-corrected chi connectivity index (χ4v) is 7.23. The predicted molar refractivity (Wildman–Crippen MR) is 108 cm³/mol. The molecule has 4 heteroatoms. The minimum absolute atomic E-state index is 0.0605. The molecular weight excluding hydrogens is 336 g/mol. The van der Waals surface area contributed by atoms with Crippen LogP contribution in [0.25, 0.3) is 0 Å². The highest BCUT2D eigenvalue weighted by atomic mass is 16.3. The van der Waals surface area contributed by atoms with Crippen LogP contribution in [0.3, 0.4) is 0 Å². The molecule has 4 nitrogen and oxygen atoms in total. The molecule has 1 heterocycles. The van der Waals surface area contributed by atoms with Crippen LogP contribution in [0.15, 0.2) is 11.8 Å². The molecule has 0 unspecified atom stereocenters. The van der Waals surface area contributed by atoms with Crippen LogP contribution in [-0.2, 0) is 4.79 Å². The fourth-order valence-electron chi connectivity index (χ4n) is 7.23. The summed E-state index contributed by atoms with van der Waals surface area (Å²) in [5.41, 5.74) is 0.979. The van der Waals surface area contributed by atoms with Crippen molar-refractivity contribution in [2.75, 3.05) is 27.2 Å². The molecule has 1 saturated heterocycles. The van der Waals surface area contributed by atoms with Crippen molar-refractivity contribution in [1.82, 2.24) is 9.80 Å². The van der Waals surface area contributed by atoms with Gasteiger partial charge in [-0.25, -0.2) is 0 Å². The molecule has 6 atom stereocenters. The number of carbonyl (C=O) groups excluding carboxylic acids is 1. The summed E-state index contributed by atoms with van der Waals surface area (Å²) in [7, 11) is 4.15. The van der Waals surface area contributed by atoms with E-state index < -0.39 is 5.60 Å². The van der Waals surface area contributed by atoms with E-state index >= 15 is 0 Å². The average molecular weight is 375 g/mol. The highest BCUT2D eigenvalue weighted by Crippen LogP contribution is 2.66. The molecule has 1 aliphatic heterocycles. The Balaban J connectivity index is 1.65. The smallest absolute Gasteiger partial charge is 0.226 e. The van der Waals surface area contributed by atoms with Gasteiger partial charge in [-0.3, -0.25) is 4.79 Å². The first-order chi connectivity index (χ1) is 12.6. The van der Waals surface area contributed by atoms with Crippen LogP contribution < -0.4 is 0 Å². The van der Waals surface area contributed by atoms with E-state index in [1.54, 1.807) is 0 Å². The molecule has 152 valence electrons. The summed E-state index contributed by atoms with van der Waals surface area (Å²) in [5, 5.41) is 11.1. The molecule has 0 spiro atoms. The third-order valence-electron chi connectivity index (χ3n) is 9.21. The van der Waals surface area contributed by atoms with Crippen LogP contribution in [0.1, 0.15) is 65.7 Å². The van der Waals surface area contributed by atoms with Gasteiger partial charge < -0.3 is 14.9 Å². The number of hydrogen-bond acceptors (Lipinski definition) is 3. The van der Waals surface area contributed by atoms with E-state index in [0.29, 0.717) is 30.1 Å². The number of likely N-dealkylation sites (N-methyl/N-ethyl adjacent to an activating group) is 1. The molecule has 3 fully saturated rings. The normalized spacial score (nSPS) is 46.8. The number of fused-ring (bicyclic) bond motifs is 5. The standard InChI is InChI=1S/C23H38N2O2/c1-21-11-10-20(26)25(15-14-24(4)5)19(21)7-6-16-17(21)8-12-22(2)18(16)9-13-23(22,3)27/h7,16-18,27H,6,8-15H2,1-5H3/t16-,17-,18+,21+,22+,23+/m0/s1. The van der Waals surface area contributed by atoms with Crippen LogP contribution >= 0.6 is 0 Å². The van der Waals surface area contributed by atoms with Crippen molar-refractivity contribution in [1.29, 1.82) is 0 Å². The lowest BCUT2D eigenvalue weighted by atomic mass is 9.48. The minimum atomic E-state index is -0.520. The Kier molecular flexibility index (Phi) is 4.55. The number of aliphatic hydroxyl groups is 1. The lowest BCUT2D eigenvalue weighted by Crippen LogP contribution is -2.56. The molecule has 0 aromatic carbocycles. The van der Waals surface area contributed by atoms with E-state index in [1.165, 1.54) is 12.1 Å². The molecule has 4 rings (SSSR count). The molecule has 0 aromatic rings. The van der Waals surface area contributed by atoms with Crippen LogP contribution in [0.2, 0.25) is 0 Å². The van der Waals surface area contributed by atoms with Crippen LogP contribution in [0.4, 0.5) is 0 Å². The molecule has 4 aliphatic rings. The van der Waals surface area contributed by atoms with Gasteiger partial charge in [-0.15, -0.1) is 0 Å². The van der Waals surface area contributed by atoms with Crippen molar-refractivity contribution in [3.05, 3.63) is 11.8 Å². The van der Waals surface area contributed by atoms with Crippen molar-refractivity contribution in [3.8, 4) is 0 Å². The van der Waals surface area contributed by atoms with E-state index in [4.69, 9.17) is 0 Å². The van der Waals surface area contributed by atoms with Gasteiger partial charge in [0.05, 0.1) is 5.60 Å². The maximum Gasteiger partial charge on any atom is 0.226 e. The zero-order valence-electron chi connectivity index (χ0n) is 17.9. The second-order valence-electron chi connectivity index (χ2n) is 10.7. The molecule has 2 saturated carbocycles. The van der Waals surface area contributed by atoms with Crippen LogP contribution in [-0.4, -0.2) is 53.6 Å². The molecule has 1 amide bonds. The van der Waals surface area contributed by atoms with Gasteiger partial charge in [0.15, 0.2) is 0 Å². The Hall–Kier alpha value is -0.870. The predicted octanol–water partition coefficient (Wildman–Crippen LogP) is 3.66. The summed E-state index contributed by atoms with van der Waals surface area (Å²) in [6.45, 7) is 8.56. The Bertz CT molecular complexity index is 655. The first-order valence-corrected chi connectivity index (χ1v) is 11.0. The van der Waals surface area contributed by atoms with Crippen molar-refractivity contribution >= 4 is 5.91 Å². The van der Waals surface area contributed by atoms with Crippen LogP contribution in [0.5, 0.6) is 0 Å². The average Bonchev–Trinajstić information content (AvgIpc) is 2.84. The van der Waals surface area contributed by atoms with E-state index in [9.17, 15) is 9.90 Å². The van der Waals surface area contributed by atoms with Crippen molar-refractivity contribution in [2.45, 2.75) is 71.3 Å². The number of amides is 1. The number of piperidine rings is 1. The number of likely N-dealkylation sites (tertiary alicyclic amines) is 1. The molecule has 1 N–H and O–H groups in total. The summed E-state index contributed by atoms with van der Waals surface area (Å²) >= 11 is 0. The van der Waals surface area contributed by atoms with Crippen molar-refractivity contribution in [3.63, 3.8) is 0 Å². The second-order valence-corrected chi connectivity index (χ2v) is 10.7. The second kappa shape index (κ2) is 6.32. The third kappa shape index (κ3) is 2.73. The SMILES string of the molecule is CN(C)CCN1C(=O)CC[C@@]2(C)C1=CC[C@@H]1[C@H]3CC[C@@](C)(O)[C@]3(C)CC[C@@H]12. The van der Waals surface area contributed by atoms with E-state index in [1.807, 2.05) is 0 Å². The minimum Gasteiger partial charge on any atom is -0.390 e. The van der Waals surface area contributed by atoms with Gasteiger partial charge in [0.25, 0.3) is 0 Å². The van der Waals surface area contributed by atoms with Gasteiger partial charge in [-0.1, -0.05) is 19.9 Å². The Morgan fingerprint density at radius 3 is 2.56 bits per heavy atom. The van der Waals surface area contributed by atoms with Gasteiger partial charge in [-0.2, -0.15) is 0 Å². The Labute approximate surface area is 165 Å². The van der Waals surface area contributed by atoms with Gasteiger partial charge in [0.2, 0.25) is 5.91 Å². The maximum atomic E-state index is 12.7. The summed E-state index contributed by atoms with van der Waals surface area (Å²) in [6.07, 6.45) is 9.59. The first-order valence-electron chi connectivity index (χ1n) is 11.0. The quantitative estimate of drug-likeness (QED) is 0.820. The highest BCUT2D eigenvalue weighted by Gasteiger charge is 2.62. The number of allylic oxidation sites excluding steroid dienone is 2. The maximum absolute atomic E-state index is 12.7. The first kappa shape index (κ1) is 19.4. The van der Waals surface area contributed by atoms with Crippen molar-refractivity contribution < 1.29 is 9.90 Å². The number of carbonyl (C=O) groups is 1. The topological polar surface area (TPSA) is 43.8 Å². The molecule has 0 bridgehead atoms. The Morgan fingerprint density at radius 1 is 1.15 bits per heavy atom. The van der Waals surface area contributed by atoms with E-state index in [2.05, 4.69) is 50.7 Å². The lowest BCUT2D eigenvalue weighted by molar-refractivity contribution is -0.141. The third-order valence-corrected chi connectivity index (χ3v) is 9.21. The van der Waals surface area contributed by atoms with Gasteiger partial charge in [0, 0.05) is 30.6 Å². The van der Waals surface area contributed by atoms with Gasteiger partial charge in [0.1, 0.15) is 0 Å². The number of rotatable bonds is 3. The summed E-state index contributed by atoms with van der Waals surface area (Å²) in [5.74, 6) is 2.24. The van der Waals surface area contributed by atoms with Gasteiger partial charge in [-0.05, 0) is 82.7 Å². The largest absolute Gasteiger partial charge is 0.390 e. The zero-order chi connectivity index (χ0) is 19.6. The van der Waals surface area contributed by atoms with E-state index in [0.717, 1.165) is 45.2 Å². The monoisotopic (exact) mass is 374 g/mol. The number of hydrogen-bond donors (Lipinski definition) is 1. The van der Waals surface area contributed by atoms with Crippen LogP contribution in [0, 0.1) is 28.6 Å². The Morgan fingerprint density at radius 2 is 1.85 bits per heavy atom. The molecular formula is C23H38N2O2. The fraction of sp³-hybridized carbons (Fsp3) is 0.870. The molecule has 0 aromatic heterocycles. The zero-order valence-corrected chi connectivity index (χ0v) is 17.9. The lowest BCUT2D eigenvalue weighted by Gasteiger charge is -2.59. The number of nitrogens with zero attached hydrogens (tertiary/aromatic N) is 2. The molecule has 27 heavy (non-hydrogen) atoms. The highest BCUT2D eigenvalue weighted by molar-refractivity contribution is 5.80. The van der Waals surface area contributed by atoms with Gasteiger partial charge >= 0.3 is 0 Å². The van der Waals surface area contributed by atoms with Crippen molar-refractivity contribution in [2.24, 2.45) is 28.6 Å². The summed E-state index contributed by atoms with van der Waals surface area (Å²) < 4.78 is 0.